The van der Waals surface area contributed by atoms with Gasteiger partial charge in [0.2, 0.25) is 0 Å². The molecule has 0 spiro atoms. The number of ether oxygens (including phenoxy) is 2. The summed E-state index contributed by atoms with van der Waals surface area (Å²) >= 11 is 0. The summed E-state index contributed by atoms with van der Waals surface area (Å²) in [6.45, 7) is 1.000. The standard InChI is InChI=1S/C24H27NO3/c1-27-22-14-11-18(16-23(22)28-2)20-13-12-19(21-10-6-7-15-25(20)21)24(26)17-8-4-3-5-9-17/h3-5,8-9,11,14,16,20H,6-7,10,12-13,15H2,1-2H3/t20-/m0/s1. The van der Waals surface area contributed by atoms with E-state index < -0.39 is 0 Å². The minimum Gasteiger partial charge on any atom is -0.493 e. The zero-order valence-corrected chi connectivity index (χ0v) is 16.6. The van der Waals surface area contributed by atoms with Crippen molar-refractivity contribution in [2.75, 3.05) is 20.8 Å². The first kappa shape index (κ1) is 18.6. The zero-order chi connectivity index (χ0) is 19.5. The van der Waals surface area contributed by atoms with Gasteiger partial charge in [0.15, 0.2) is 17.3 Å². The van der Waals surface area contributed by atoms with Gasteiger partial charge >= 0.3 is 0 Å². The number of allylic oxidation sites excluding steroid dienone is 2. The number of fused-ring (bicyclic) bond motifs is 1. The van der Waals surface area contributed by atoms with Gasteiger partial charge in [-0.05, 0) is 49.8 Å². The van der Waals surface area contributed by atoms with Crippen molar-refractivity contribution in [2.45, 2.75) is 38.1 Å². The molecule has 0 N–H and O–H groups in total. The van der Waals surface area contributed by atoms with Crippen LogP contribution in [-0.2, 0) is 0 Å². The van der Waals surface area contributed by atoms with E-state index in [0.717, 1.165) is 54.9 Å². The van der Waals surface area contributed by atoms with Gasteiger partial charge in [-0.1, -0.05) is 36.4 Å². The Hall–Kier alpha value is -2.75. The van der Waals surface area contributed by atoms with E-state index in [0.29, 0.717) is 0 Å². The number of carbonyl (C=O) groups is 1. The average molecular weight is 377 g/mol. The van der Waals surface area contributed by atoms with Crippen molar-refractivity contribution in [1.82, 2.24) is 4.90 Å². The number of nitrogens with zero attached hydrogens (tertiary/aromatic N) is 1. The van der Waals surface area contributed by atoms with Gasteiger partial charge in [0.25, 0.3) is 0 Å². The lowest BCUT2D eigenvalue weighted by molar-refractivity contribution is 0.100. The third kappa shape index (κ3) is 3.39. The number of benzene rings is 2. The van der Waals surface area contributed by atoms with Crippen molar-refractivity contribution in [1.29, 1.82) is 0 Å². The third-order valence-corrected chi connectivity index (χ3v) is 5.90. The Balaban J connectivity index is 1.69. The van der Waals surface area contributed by atoms with Crippen LogP contribution in [-0.4, -0.2) is 31.4 Å². The van der Waals surface area contributed by atoms with Gasteiger partial charge < -0.3 is 14.4 Å². The highest BCUT2D eigenvalue weighted by Gasteiger charge is 2.34. The lowest BCUT2D eigenvalue weighted by atomic mass is 9.84. The van der Waals surface area contributed by atoms with E-state index in [9.17, 15) is 4.79 Å². The van der Waals surface area contributed by atoms with Crippen LogP contribution in [0.15, 0.2) is 59.8 Å². The minimum absolute atomic E-state index is 0.188. The first-order chi connectivity index (χ1) is 13.7. The van der Waals surface area contributed by atoms with Crippen molar-refractivity contribution >= 4 is 5.78 Å². The number of hydrogen-bond donors (Lipinski definition) is 0. The molecule has 4 nitrogen and oxygen atoms in total. The molecule has 0 aromatic heterocycles. The summed E-state index contributed by atoms with van der Waals surface area (Å²) in [5.41, 5.74) is 4.26. The molecule has 0 saturated carbocycles. The van der Waals surface area contributed by atoms with E-state index in [1.54, 1.807) is 14.2 Å². The van der Waals surface area contributed by atoms with E-state index in [4.69, 9.17) is 9.47 Å². The van der Waals surface area contributed by atoms with Crippen LogP contribution in [0.1, 0.15) is 54.1 Å². The second-order valence-electron chi connectivity index (χ2n) is 7.44. The minimum atomic E-state index is 0.188. The Morgan fingerprint density at radius 3 is 2.50 bits per heavy atom. The van der Waals surface area contributed by atoms with Gasteiger partial charge in [0.1, 0.15) is 0 Å². The average Bonchev–Trinajstić information content (AvgIpc) is 2.78. The molecule has 2 aliphatic rings. The first-order valence-electron chi connectivity index (χ1n) is 10.0. The molecule has 2 aliphatic heterocycles. The predicted octanol–water partition coefficient (Wildman–Crippen LogP) is 5.16. The quantitative estimate of drug-likeness (QED) is 0.675. The first-order valence-corrected chi connectivity index (χ1v) is 10.0. The maximum Gasteiger partial charge on any atom is 0.190 e. The molecule has 1 fully saturated rings. The van der Waals surface area contributed by atoms with Gasteiger partial charge in [-0.3, -0.25) is 4.79 Å². The van der Waals surface area contributed by atoms with Gasteiger partial charge in [-0.2, -0.15) is 0 Å². The van der Waals surface area contributed by atoms with E-state index >= 15 is 0 Å². The number of methoxy groups -OCH3 is 2. The van der Waals surface area contributed by atoms with Crippen LogP contribution in [0, 0.1) is 0 Å². The molecule has 2 heterocycles. The molecule has 0 bridgehead atoms. The van der Waals surface area contributed by atoms with Gasteiger partial charge in [0, 0.05) is 23.4 Å². The fourth-order valence-electron chi connectivity index (χ4n) is 4.52. The Kier molecular flexibility index (Phi) is 5.38. The number of hydrogen-bond acceptors (Lipinski definition) is 4. The van der Waals surface area contributed by atoms with Crippen LogP contribution in [0.25, 0.3) is 0 Å². The number of carbonyl (C=O) groups excluding carboxylic acids is 1. The van der Waals surface area contributed by atoms with E-state index in [1.165, 1.54) is 17.7 Å². The molecule has 4 rings (SSSR count). The molecule has 2 aromatic rings. The normalized spacial score (nSPS) is 19.2. The second-order valence-corrected chi connectivity index (χ2v) is 7.44. The van der Waals surface area contributed by atoms with Crippen LogP contribution < -0.4 is 9.47 Å². The van der Waals surface area contributed by atoms with Crippen LogP contribution in [0.4, 0.5) is 0 Å². The van der Waals surface area contributed by atoms with E-state index in [2.05, 4.69) is 17.0 Å². The Bertz CT molecular complexity index is 888. The Labute approximate surface area is 166 Å². The number of Topliss-reactive ketones (excluding diaryl/α,β-unsaturated/α-hetero) is 1. The lowest BCUT2D eigenvalue weighted by Gasteiger charge is -2.43. The van der Waals surface area contributed by atoms with Crippen LogP contribution in [0.5, 0.6) is 11.5 Å². The smallest absolute Gasteiger partial charge is 0.190 e. The molecular formula is C24H27NO3. The molecule has 0 aliphatic carbocycles. The van der Waals surface area contributed by atoms with Crippen molar-refractivity contribution in [3.05, 3.63) is 70.9 Å². The highest BCUT2D eigenvalue weighted by Crippen LogP contribution is 2.43. The molecule has 146 valence electrons. The molecule has 28 heavy (non-hydrogen) atoms. The summed E-state index contributed by atoms with van der Waals surface area (Å²) in [5, 5.41) is 0. The Morgan fingerprint density at radius 1 is 0.964 bits per heavy atom. The van der Waals surface area contributed by atoms with Crippen molar-refractivity contribution in [3.63, 3.8) is 0 Å². The van der Waals surface area contributed by atoms with Crippen molar-refractivity contribution < 1.29 is 14.3 Å². The highest BCUT2D eigenvalue weighted by molar-refractivity contribution is 6.09. The van der Waals surface area contributed by atoms with E-state index in [1.807, 2.05) is 36.4 Å². The van der Waals surface area contributed by atoms with Crippen molar-refractivity contribution in [3.8, 4) is 11.5 Å². The molecule has 2 aromatic carbocycles. The van der Waals surface area contributed by atoms with Crippen LogP contribution >= 0.6 is 0 Å². The third-order valence-electron chi connectivity index (χ3n) is 5.90. The molecule has 0 unspecified atom stereocenters. The molecule has 0 amide bonds. The van der Waals surface area contributed by atoms with Gasteiger partial charge in [-0.15, -0.1) is 0 Å². The fourth-order valence-corrected chi connectivity index (χ4v) is 4.52. The monoisotopic (exact) mass is 377 g/mol. The maximum atomic E-state index is 13.2. The summed E-state index contributed by atoms with van der Waals surface area (Å²) < 4.78 is 10.9. The largest absolute Gasteiger partial charge is 0.493 e. The maximum absolute atomic E-state index is 13.2. The SMILES string of the molecule is COc1ccc([C@@H]2CCC(C(=O)c3ccccc3)=C3CCCCN32)cc1OC. The summed E-state index contributed by atoms with van der Waals surface area (Å²) in [6, 6.07) is 16.1. The summed E-state index contributed by atoms with van der Waals surface area (Å²) in [6.07, 6.45) is 5.05. The van der Waals surface area contributed by atoms with Crippen LogP contribution in [0.3, 0.4) is 0 Å². The number of piperidine rings is 1. The van der Waals surface area contributed by atoms with Gasteiger partial charge in [-0.25, -0.2) is 0 Å². The summed E-state index contributed by atoms with van der Waals surface area (Å²) in [5.74, 6) is 1.69. The fraction of sp³-hybridized carbons (Fsp3) is 0.375. The Morgan fingerprint density at radius 2 is 1.75 bits per heavy atom. The van der Waals surface area contributed by atoms with Crippen molar-refractivity contribution in [2.24, 2.45) is 0 Å². The number of rotatable bonds is 5. The molecule has 1 saturated heterocycles. The van der Waals surface area contributed by atoms with Crippen LogP contribution in [0.2, 0.25) is 0 Å². The molecular weight excluding hydrogens is 350 g/mol. The molecule has 1 atom stereocenters. The number of ketones is 1. The predicted molar refractivity (Wildman–Crippen MR) is 110 cm³/mol. The zero-order valence-electron chi connectivity index (χ0n) is 16.6. The highest BCUT2D eigenvalue weighted by atomic mass is 16.5. The van der Waals surface area contributed by atoms with Gasteiger partial charge in [0.05, 0.1) is 20.3 Å². The molecule has 4 heteroatoms. The topological polar surface area (TPSA) is 38.8 Å². The molecule has 0 radical (unpaired) electrons. The lowest BCUT2D eigenvalue weighted by Crippen LogP contribution is -2.37. The second kappa shape index (κ2) is 8.09. The summed E-state index contributed by atoms with van der Waals surface area (Å²) in [7, 11) is 3.33. The van der Waals surface area contributed by atoms with E-state index in [-0.39, 0.29) is 11.8 Å². The summed E-state index contributed by atoms with van der Waals surface area (Å²) in [4.78, 5) is 15.6.